The van der Waals surface area contributed by atoms with E-state index >= 15 is 0 Å². The number of carbonyl (C=O) groups excluding carboxylic acids is 2. The molecule has 2 rings (SSSR count). The van der Waals surface area contributed by atoms with Crippen LogP contribution in [0, 0.1) is 5.41 Å². The zero-order valence-corrected chi connectivity index (χ0v) is 16.3. The number of nitrogens with zero attached hydrogens (tertiary/aromatic N) is 1. The molecule has 0 atom stereocenters. The summed E-state index contributed by atoms with van der Waals surface area (Å²) in [6.45, 7) is 5.26. The number of amides is 2. The van der Waals surface area contributed by atoms with Crippen molar-refractivity contribution >= 4 is 28.3 Å². The fraction of sp³-hybridized carbons (Fsp3) is 0.389. The molecule has 7 nitrogen and oxygen atoms in total. The summed E-state index contributed by atoms with van der Waals surface area (Å²) in [4.78, 5) is 28.2. The predicted octanol–water partition coefficient (Wildman–Crippen LogP) is 2.93. The lowest BCUT2D eigenvalue weighted by Crippen LogP contribution is -2.39. The van der Waals surface area contributed by atoms with Gasteiger partial charge in [-0.15, -0.1) is 11.3 Å². The normalized spacial score (nSPS) is 11.0. The maximum absolute atomic E-state index is 12.0. The van der Waals surface area contributed by atoms with Crippen LogP contribution in [0.5, 0.6) is 11.5 Å². The van der Waals surface area contributed by atoms with Crippen LogP contribution in [0.25, 0.3) is 11.3 Å². The Kier molecular flexibility index (Phi) is 6.20. The van der Waals surface area contributed by atoms with Gasteiger partial charge >= 0.3 is 0 Å². The molecule has 0 fully saturated rings. The second-order valence-electron chi connectivity index (χ2n) is 6.58. The van der Waals surface area contributed by atoms with Crippen molar-refractivity contribution in [3.63, 3.8) is 0 Å². The number of hydrogen-bond acceptors (Lipinski definition) is 6. The van der Waals surface area contributed by atoms with E-state index in [1.54, 1.807) is 41.1 Å². The van der Waals surface area contributed by atoms with Crippen LogP contribution in [0.4, 0.5) is 5.13 Å². The first kappa shape index (κ1) is 19.7. The lowest BCUT2D eigenvalue weighted by Gasteiger charge is -2.17. The highest BCUT2D eigenvalue weighted by atomic mass is 32.1. The molecule has 1 aromatic heterocycles. The monoisotopic (exact) mass is 377 g/mol. The van der Waals surface area contributed by atoms with Gasteiger partial charge in [0.2, 0.25) is 11.8 Å². The number of carbonyl (C=O) groups is 2. The van der Waals surface area contributed by atoms with Crippen LogP contribution < -0.4 is 20.1 Å². The van der Waals surface area contributed by atoms with Crippen LogP contribution >= 0.6 is 11.3 Å². The number of rotatable bonds is 6. The third kappa shape index (κ3) is 4.95. The van der Waals surface area contributed by atoms with Crippen LogP contribution in [0.2, 0.25) is 0 Å². The van der Waals surface area contributed by atoms with Gasteiger partial charge < -0.3 is 20.1 Å². The molecule has 0 bridgehead atoms. The zero-order chi connectivity index (χ0) is 19.3. The minimum absolute atomic E-state index is 0.100. The third-order valence-corrected chi connectivity index (χ3v) is 4.28. The van der Waals surface area contributed by atoms with Crippen molar-refractivity contribution in [3.8, 4) is 22.8 Å². The molecule has 0 spiro atoms. The van der Waals surface area contributed by atoms with Gasteiger partial charge in [0.15, 0.2) is 5.13 Å². The summed E-state index contributed by atoms with van der Waals surface area (Å²) < 4.78 is 10.6. The van der Waals surface area contributed by atoms with Crippen LogP contribution in [0.1, 0.15) is 20.8 Å². The fourth-order valence-corrected chi connectivity index (χ4v) is 2.78. The average molecular weight is 377 g/mol. The molecule has 8 heteroatoms. The molecular formula is C18H23N3O4S. The lowest BCUT2D eigenvalue weighted by atomic mass is 9.96. The van der Waals surface area contributed by atoms with E-state index in [9.17, 15) is 9.59 Å². The minimum atomic E-state index is -0.542. The van der Waals surface area contributed by atoms with Gasteiger partial charge in [-0.05, 0) is 12.1 Å². The van der Waals surface area contributed by atoms with E-state index in [0.717, 1.165) is 5.56 Å². The number of hydrogen-bond donors (Lipinski definition) is 2. The van der Waals surface area contributed by atoms with Crippen LogP contribution in [0.3, 0.4) is 0 Å². The van der Waals surface area contributed by atoms with Crippen LogP contribution in [0.15, 0.2) is 23.6 Å². The van der Waals surface area contributed by atoms with Crippen molar-refractivity contribution < 1.29 is 19.1 Å². The molecule has 26 heavy (non-hydrogen) atoms. The van der Waals surface area contributed by atoms with Crippen molar-refractivity contribution in [2.75, 3.05) is 26.1 Å². The maximum Gasteiger partial charge on any atom is 0.245 e. The van der Waals surface area contributed by atoms with E-state index in [4.69, 9.17) is 9.47 Å². The number of methoxy groups -OCH3 is 2. The molecule has 1 aromatic carbocycles. The van der Waals surface area contributed by atoms with Crippen molar-refractivity contribution in [3.05, 3.63) is 23.6 Å². The van der Waals surface area contributed by atoms with Gasteiger partial charge in [-0.3, -0.25) is 9.59 Å². The Morgan fingerprint density at radius 2 is 1.92 bits per heavy atom. The molecule has 2 amide bonds. The molecule has 0 unspecified atom stereocenters. The largest absolute Gasteiger partial charge is 0.497 e. The third-order valence-electron chi connectivity index (χ3n) is 3.53. The molecule has 1 heterocycles. The number of thiazole rings is 1. The first-order valence-electron chi connectivity index (χ1n) is 8.00. The quantitative estimate of drug-likeness (QED) is 0.808. The molecule has 0 saturated carbocycles. The van der Waals surface area contributed by atoms with E-state index in [2.05, 4.69) is 15.6 Å². The summed E-state index contributed by atoms with van der Waals surface area (Å²) >= 11 is 1.30. The van der Waals surface area contributed by atoms with Gasteiger partial charge in [-0.1, -0.05) is 20.8 Å². The Balaban J connectivity index is 2.04. The summed E-state index contributed by atoms with van der Waals surface area (Å²) in [5.41, 5.74) is 0.939. The lowest BCUT2D eigenvalue weighted by molar-refractivity contribution is -0.130. The number of ether oxygens (including phenoxy) is 2. The summed E-state index contributed by atoms with van der Waals surface area (Å²) in [5.74, 6) is 0.801. The standard InChI is InChI=1S/C18H23N3O4S/c1-18(2,3)16(23)19-9-15(22)21-17-20-13(10-26-17)12-7-6-11(24-4)8-14(12)25-5/h6-8,10H,9H2,1-5H3,(H,19,23)(H,20,21,22). The molecule has 0 aliphatic carbocycles. The fourth-order valence-electron chi connectivity index (χ4n) is 2.05. The molecule has 0 saturated heterocycles. The van der Waals surface area contributed by atoms with Gasteiger partial charge in [0.05, 0.1) is 26.5 Å². The molecule has 2 aromatic rings. The van der Waals surface area contributed by atoms with Gasteiger partial charge in [0, 0.05) is 22.4 Å². The van der Waals surface area contributed by atoms with Crippen molar-refractivity contribution in [2.45, 2.75) is 20.8 Å². The van der Waals surface area contributed by atoms with E-state index in [1.807, 2.05) is 17.5 Å². The van der Waals surface area contributed by atoms with Crippen molar-refractivity contribution in [2.24, 2.45) is 5.41 Å². The number of nitrogens with one attached hydrogen (secondary N) is 2. The molecule has 0 radical (unpaired) electrons. The van der Waals surface area contributed by atoms with Gasteiger partial charge in [-0.25, -0.2) is 4.98 Å². The average Bonchev–Trinajstić information content (AvgIpc) is 3.06. The SMILES string of the molecule is COc1ccc(-c2csc(NC(=O)CNC(=O)C(C)(C)C)n2)c(OC)c1. The number of anilines is 1. The predicted molar refractivity (Wildman–Crippen MR) is 102 cm³/mol. The summed E-state index contributed by atoms with van der Waals surface area (Å²) in [5, 5.41) is 7.57. The molecule has 2 N–H and O–H groups in total. The van der Waals surface area contributed by atoms with E-state index in [1.165, 1.54) is 11.3 Å². The van der Waals surface area contributed by atoms with Crippen LogP contribution in [-0.2, 0) is 9.59 Å². The molecular weight excluding hydrogens is 354 g/mol. The minimum Gasteiger partial charge on any atom is -0.497 e. The Morgan fingerprint density at radius 3 is 2.54 bits per heavy atom. The highest BCUT2D eigenvalue weighted by Crippen LogP contribution is 2.34. The van der Waals surface area contributed by atoms with Crippen molar-refractivity contribution in [1.82, 2.24) is 10.3 Å². The Morgan fingerprint density at radius 1 is 1.19 bits per heavy atom. The van der Waals surface area contributed by atoms with Gasteiger partial charge in [0.1, 0.15) is 11.5 Å². The smallest absolute Gasteiger partial charge is 0.245 e. The second kappa shape index (κ2) is 8.18. The van der Waals surface area contributed by atoms with Gasteiger partial charge in [-0.2, -0.15) is 0 Å². The maximum atomic E-state index is 12.0. The van der Waals surface area contributed by atoms with Crippen LogP contribution in [-0.4, -0.2) is 37.6 Å². The highest BCUT2D eigenvalue weighted by Gasteiger charge is 2.21. The molecule has 0 aliphatic rings. The Hall–Kier alpha value is -2.61. The Bertz CT molecular complexity index is 796. The number of aromatic nitrogens is 1. The topological polar surface area (TPSA) is 89.6 Å². The zero-order valence-electron chi connectivity index (χ0n) is 15.5. The van der Waals surface area contributed by atoms with Crippen molar-refractivity contribution in [1.29, 1.82) is 0 Å². The highest BCUT2D eigenvalue weighted by molar-refractivity contribution is 7.14. The van der Waals surface area contributed by atoms with E-state index in [0.29, 0.717) is 22.3 Å². The first-order chi connectivity index (χ1) is 12.2. The molecule has 0 aliphatic heterocycles. The Labute approximate surface area is 156 Å². The van der Waals surface area contributed by atoms with Gasteiger partial charge in [0.25, 0.3) is 0 Å². The second-order valence-corrected chi connectivity index (χ2v) is 7.44. The summed E-state index contributed by atoms with van der Waals surface area (Å²) in [6.07, 6.45) is 0. The number of benzene rings is 1. The molecule has 140 valence electrons. The summed E-state index contributed by atoms with van der Waals surface area (Å²) in [7, 11) is 3.16. The van der Waals surface area contributed by atoms with E-state index < -0.39 is 5.41 Å². The first-order valence-corrected chi connectivity index (χ1v) is 8.88. The summed E-state index contributed by atoms with van der Waals surface area (Å²) in [6, 6.07) is 5.44. The van der Waals surface area contributed by atoms with E-state index in [-0.39, 0.29) is 18.4 Å².